The van der Waals surface area contributed by atoms with E-state index in [1.165, 1.54) is 24.8 Å². The van der Waals surface area contributed by atoms with Crippen molar-refractivity contribution in [2.75, 3.05) is 0 Å². The van der Waals surface area contributed by atoms with E-state index in [9.17, 15) is 0 Å². The molecule has 0 aliphatic heterocycles. The first-order valence-electron chi connectivity index (χ1n) is 6.52. The normalized spacial score (nSPS) is 29.2. The largest absolute Gasteiger partial charge is 0.373 e. The van der Waals surface area contributed by atoms with Crippen LogP contribution in [0.4, 0.5) is 0 Å². The zero-order chi connectivity index (χ0) is 12.3. The Labute approximate surface area is 113 Å². The van der Waals surface area contributed by atoms with Gasteiger partial charge in [-0.05, 0) is 42.7 Å². The summed E-state index contributed by atoms with van der Waals surface area (Å²) < 4.78 is 7.19. The topological polar surface area (TPSA) is 9.23 Å². The minimum atomic E-state index is 0.452. The first-order chi connectivity index (χ1) is 8.16. The molecular formula is C15H21BrO. The van der Waals surface area contributed by atoms with Crippen molar-refractivity contribution in [3.05, 3.63) is 34.3 Å². The lowest BCUT2D eigenvalue weighted by atomic mass is 9.80. The van der Waals surface area contributed by atoms with Crippen molar-refractivity contribution in [2.24, 2.45) is 11.8 Å². The van der Waals surface area contributed by atoms with Crippen molar-refractivity contribution in [1.29, 1.82) is 0 Å². The van der Waals surface area contributed by atoms with Crippen molar-refractivity contribution in [2.45, 2.75) is 45.8 Å². The molecule has 0 saturated heterocycles. The van der Waals surface area contributed by atoms with Gasteiger partial charge in [-0.1, -0.05) is 48.0 Å². The zero-order valence-electron chi connectivity index (χ0n) is 10.7. The van der Waals surface area contributed by atoms with Gasteiger partial charge in [0.25, 0.3) is 0 Å². The Hall–Kier alpha value is -0.340. The van der Waals surface area contributed by atoms with Crippen LogP contribution in [0.5, 0.6) is 0 Å². The van der Waals surface area contributed by atoms with Crippen LogP contribution in [0, 0.1) is 11.8 Å². The maximum absolute atomic E-state index is 6.04. The van der Waals surface area contributed by atoms with E-state index in [0.717, 1.165) is 22.9 Å². The van der Waals surface area contributed by atoms with Gasteiger partial charge in [0.2, 0.25) is 0 Å². The molecule has 0 amide bonds. The van der Waals surface area contributed by atoms with E-state index in [2.05, 4.69) is 48.0 Å². The van der Waals surface area contributed by atoms with Crippen LogP contribution in [0.15, 0.2) is 28.7 Å². The zero-order valence-corrected chi connectivity index (χ0v) is 12.2. The van der Waals surface area contributed by atoms with Crippen LogP contribution in [0.2, 0.25) is 0 Å². The van der Waals surface area contributed by atoms with Crippen LogP contribution in [0.1, 0.15) is 38.7 Å². The van der Waals surface area contributed by atoms with Gasteiger partial charge in [0.05, 0.1) is 12.7 Å². The third-order valence-corrected chi connectivity index (χ3v) is 4.76. The van der Waals surface area contributed by atoms with Gasteiger partial charge < -0.3 is 4.74 Å². The molecule has 1 aliphatic rings. The van der Waals surface area contributed by atoms with Crippen molar-refractivity contribution in [3.8, 4) is 0 Å². The summed E-state index contributed by atoms with van der Waals surface area (Å²) in [5, 5.41) is 0. The predicted octanol–water partition coefficient (Wildman–Crippen LogP) is 4.79. The van der Waals surface area contributed by atoms with Gasteiger partial charge in [-0.3, -0.25) is 0 Å². The quantitative estimate of drug-likeness (QED) is 0.779. The van der Waals surface area contributed by atoms with Crippen molar-refractivity contribution < 1.29 is 4.74 Å². The van der Waals surface area contributed by atoms with Crippen molar-refractivity contribution in [3.63, 3.8) is 0 Å². The van der Waals surface area contributed by atoms with Gasteiger partial charge >= 0.3 is 0 Å². The highest BCUT2D eigenvalue weighted by Crippen LogP contribution is 2.31. The lowest BCUT2D eigenvalue weighted by molar-refractivity contribution is -0.00766. The molecule has 0 heterocycles. The second kappa shape index (κ2) is 6.01. The van der Waals surface area contributed by atoms with E-state index >= 15 is 0 Å². The van der Waals surface area contributed by atoms with Gasteiger partial charge in [-0.15, -0.1) is 0 Å². The van der Waals surface area contributed by atoms with E-state index in [0.29, 0.717) is 6.10 Å². The first kappa shape index (κ1) is 13.1. The molecule has 2 rings (SSSR count). The fourth-order valence-corrected chi connectivity index (χ4v) is 2.87. The van der Waals surface area contributed by atoms with Crippen molar-refractivity contribution >= 4 is 15.9 Å². The summed E-state index contributed by atoms with van der Waals surface area (Å²) in [7, 11) is 0. The van der Waals surface area contributed by atoms with Crippen LogP contribution in [0.25, 0.3) is 0 Å². The molecule has 3 unspecified atom stereocenters. The molecule has 0 N–H and O–H groups in total. The lowest BCUT2D eigenvalue weighted by Crippen LogP contribution is -2.26. The Morgan fingerprint density at radius 2 is 1.94 bits per heavy atom. The number of hydrogen-bond acceptors (Lipinski definition) is 1. The molecule has 1 aliphatic carbocycles. The summed E-state index contributed by atoms with van der Waals surface area (Å²) >= 11 is 3.56. The van der Waals surface area contributed by atoms with Crippen molar-refractivity contribution in [1.82, 2.24) is 0 Å². The second-order valence-corrected chi connectivity index (χ2v) is 6.15. The molecule has 94 valence electrons. The van der Waals surface area contributed by atoms with Crippen LogP contribution in [-0.2, 0) is 11.3 Å². The van der Waals surface area contributed by atoms with Gasteiger partial charge in [0.1, 0.15) is 0 Å². The molecular weight excluding hydrogens is 276 g/mol. The van der Waals surface area contributed by atoms with Gasteiger partial charge in [-0.2, -0.15) is 0 Å². The van der Waals surface area contributed by atoms with E-state index in [-0.39, 0.29) is 0 Å². The van der Waals surface area contributed by atoms with Crippen LogP contribution in [-0.4, -0.2) is 6.10 Å². The first-order valence-corrected chi connectivity index (χ1v) is 7.31. The van der Waals surface area contributed by atoms with E-state index in [1.54, 1.807) is 0 Å². The SMILES string of the molecule is CC1CCC(OCc2ccccc2Br)CC1C. The molecule has 2 heteroatoms. The highest BCUT2D eigenvalue weighted by Gasteiger charge is 2.24. The molecule has 1 aromatic rings. The molecule has 1 saturated carbocycles. The summed E-state index contributed by atoms with van der Waals surface area (Å²) in [6.07, 6.45) is 4.19. The minimum Gasteiger partial charge on any atom is -0.373 e. The molecule has 0 radical (unpaired) electrons. The molecule has 17 heavy (non-hydrogen) atoms. The third kappa shape index (κ3) is 3.56. The van der Waals surface area contributed by atoms with E-state index < -0.39 is 0 Å². The Morgan fingerprint density at radius 3 is 2.65 bits per heavy atom. The number of rotatable bonds is 3. The summed E-state index contributed by atoms with van der Waals surface area (Å²) in [4.78, 5) is 0. The standard InChI is InChI=1S/C15H21BrO/c1-11-7-8-14(9-12(11)2)17-10-13-5-3-4-6-15(13)16/h3-6,11-12,14H,7-10H2,1-2H3. The average Bonchev–Trinajstić information content (AvgIpc) is 2.32. The number of hydrogen-bond donors (Lipinski definition) is 0. The predicted molar refractivity (Wildman–Crippen MR) is 74.9 cm³/mol. The molecule has 0 aromatic heterocycles. The van der Waals surface area contributed by atoms with E-state index in [4.69, 9.17) is 4.74 Å². The fraction of sp³-hybridized carbons (Fsp3) is 0.600. The molecule has 0 bridgehead atoms. The van der Waals surface area contributed by atoms with Crippen LogP contribution in [0.3, 0.4) is 0 Å². The Morgan fingerprint density at radius 1 is 1.18 bits per heavy atom. The highest BCUT2D eigenvalue weighted by atomic mass is 79.9. The van der Waals surface area contributed by atoms with Gasteiger partial charge in [-0.25, -0.2) is 0 Å². The smallest absolute Gasteiger partial charge is 0.0731 e. The maximum Gasteiger partial charge on any atom is 0.0731 e. The monoisotopic (exact) mass is 296 g/mol. The second-order valence-electron chi connectivity index (χ2n) is 5.29. The van der Waals surface area contributed by atoms with E-state index in [1.807, 2.05) is 6.07 Å². The minimum absolute atomic E-state index is 0.452. The Bertz CT molecular complexity index is 364. The summed E-state index contributed by atoms with van der Waals surface area (Å²) in [6.45, 7) is 5.43. The average molecular weight is 297 g/mol. The molecule has 3 atom stereocenters. The number of benzene rings is 1. The lowest BCUT2D eigenvalue weighted by Gasteiger charge is -2.32. The van der Waals surface area contributed by atoms with Crippen LogP contribution < -0.4 is 0 Å². The number of ether oxygens (including phenoxy) is 1. The summed E-state index contributed by atoms with van der Waals surface area (Å²) in [6, 6.07) is 8.30. The maximum atomic E-state index is 6.04. The molecule has 1 nitrogen and oxygen atoms in total. The number of halogens is 1. The van der Waals surface area contributed by atoms with Gasteiger partial charge in [0, 0.05) is 4.47 Å². The Balaban J connectivity index is 1.85. The molecule has 0 spiro atoms. The van der Waals surface area contributed by atoms with Gasteiger partial charge in [0.15, 0.2) is 0 Å². The van der Waals surface area contributed by atoms with Crippen LogP contribution >= 0.6 is 15.9 Å². The molecule has 1 aromatic carbocycles. The molecule has 1 fully saturated rings. The fourth-order valence-electron chi connectivity index (χ4n) is 2.47. The Kier molecular flexibility index (Phi) is 4.63. The summed E-state index contributed by atoms with van der Waals surface area (Å²) in [5.41, 5.74) is 1.25. The third-order valence-electron chi connectivity index (χ3n) is 3.98. The summed E-state index contributed by atoms with van der Waals surface area (Å²) in [5.74, 6) is 1.66. The highest BCUT2D eigenvalue weighted by molar-refractivity contribution is 9.10.